The highest BCUT2D eigenvalue weighted by molar-refractivity contribution is 5.31. The van der Waals surface area contributed by atoms with Crippen molar-refractivity contribution in [2.24, 2.45) is 11.7 Å². The van der Waals surface area contributed by atoms with Gasteiger partial charge in [-0.05, 0) is 57.5 Å². The third-order valence-electron chi connectivity index (χ3n) is 4.01. The van der Waals surface area contributed by atoms with Crippen LogP contribution in [0.15, 0.2) is 18.2 Å². The molecule has 0 aliphatic carbocycles. The summed E-state index contributed by atoms with van der Waals surface area (Å²) in [6.07, 6.45) is 0.833. The lowest BCUT2D eigenvalue weighted by molar-refractivity contribution is 0.220. The average molecular weight is 268 g/mol. The highest BCUT2D eigenvalue weighted by atomic mass is 19.1. The molecule has 2 N–H and O–H groups in total. The molecular weight excluding hydrogens is 246 g/mol. The number of nitrogens with zero attached hydrogens (tertiary/aromatic N) is 1. The summed E-state index contributed by atoms with van der Waals surface area (Å²) in [5, 5.41) is 0. The van der Waals surface area contributed by atoms with E-state index in [9.17, 15) is 8.78 Å². The molecule has 2 nitrogen and oxygen atoms in total. The Morgan fingerprint density at radius 1 is 1.42 bits per heavy atom. The maximum absolute atomic E-state index is 14.0. The number of benzene rings is 1. The van der Waals surface area contributed by atoms with E-state index in [2.05, 4.69) is 4.90 Å². The van der Waals surface area contributed by atoms with Crippen molar-refractivity contribution in [2.75, 3.05) is 20.1 Å². The molecule has 1 heterocycles. The smallest absolute Gasteiger partial charge is 0.130 e. The predicted molar refractivity (Wildman–Crippen MR) is 73.1 cm³/mol. The van der Waals surface area contributed by atoms with Gasteiger partial charge in [0.25, 0.3) is 0 Å². The van der Waals surface area contributed by atoms with Gasteiger partial charge in [0.1, 0.15) is 11.5 Å². The summed E-state index contributed by atoms with van der Waals surface area (Å²) in [5.74, 6) is 0.124. The van der Waals surface area contributed by atoms with Crippen LogP contribution in [0.1, 0.15) is 37.4 Å². The van der Waals surface area contributed by atoms with E-state index in [0.717, 1.165) is 13.0 Å². The molecule has 1 saturated heterocycles. The van der Waals surface area contributed by atoms with Crippen molar-refractivity contribution in [1.29, 1.82) is 0 Å². The monoisotopic (exact) mass is 268 g/mol. The molecule has 1 aromatic carbocycles. The summed E-state index contributed by atoms with van der Waals surface area (Å²) in [5.41, 5.74) is 5.35. The largest absolute Gasteiger partial charge is 0.330 e. The van der Waals surface area contributed by atoms with Crippen molar-refractivity contribution in [3.05, 3.63) is 35.1 Å². The molecule has 0 spiro atoms. The van der Waals surface area contributed by atoms with Crippen molar-refractivity contribution in [3.8, 4) is 0 Å². The Hall–Kier alpha value is -1.00. The van der Waals surface area contributed by atoms with E-state index in [-0.39, 0.29) is 11.9 Å². The minimum absolute atomic E-state index is 0.00384. The zero-order valence-corrected chi connectivity index (χ0v) is 11.8. The number of likely N-dealkylation sites (tertiary alicyclic amines) is 1. The number of hydrogen-bond donors (Lipinski definition) is 1. The van der Waals surface area contributed by atoms with Gasteiger partial charge < -0.3 is 5.73 Å². The van der Waals surface area contributed by atoms with Crippen molar-refractivity contribution < 1.29 is 8.78 Å². The molecule has 1 aliphatic rings. The Kier molecular flexibility index (Phi) is 3.92. The average Bonchev–Trinajstić information content (AvgIpc) is 2.69. The van der Waals surface area contributed by atoms with E-state index < -0.39 is 5.67 Å². The van der Waals surface area contributed by atoms with Gasteiger partial charge in [-0.25, -0.2) is 8.78 Å². The van der Waals surface area contributed by atoms with E-state index in [1.807, 2.05) is 7.05 Å². The first-order valence-corrected chi connectivity index (χ1v) is 6.72. The topological polar surface area (TPSA) is 29.3 Å². The highest BCUT2D eigenvalue weighted by Crippen LogP contribution is 2.37. The first-order valence-electron chi connectivity index (χ1n) is 6.72. The van der Waals surface area contributed by atoms with E-state index in [1.54, 1.807) is 6.07 Å². The number of alkyl halides is 1. The Morgan fingerprint density at radius 2 is 2.11 bits per heavy atom. The summed E-state index contributed by atoms with van der Waals surface area (Å²) >= 11 is 0. The molecule has 106 valence electrons. The van der Waals surface area contributed by atoms with Gasteiger partial charge >= 0.3 is 0 Å². The van der Waals surface area contributed by atoms with Crippen LogP contribution in [0.25, 0.3) is 0 Å². The van der Waals surface area contributed by atoms with Crippen molar-refractivity contribution >= 4 is 0 Å². The minimum atomic E-state index is -1.45. The number of hydrogen-bond acceptors (Lipinski definition) is 2. The Labute approximate surface area is 113 Å². The number of halogens is 2. The Morgan fingerprint density at radius 3 is 2.63 bits per heavy atom. The van der Waals surface area contributed by atoms with E-state index >= 15 is 0 Å². The van der Waals surface area contributed by atoms with Gasteiger partial charge in [0.05, 0.1) is 0 Å². The SMILES string of the molecule is CN1CC(CN)CC1c1cc(C(C)(C)F)ccc1F. The summed E-state index contributed by atoms with van der Waals surface area (Å²) < 4.78 is 28.0. The van der Waals surface area contributed by atoms with E-state index in [0.29, 0.717) is 23.6 Å². The minimum Gasteiger partial charge on any atom is -0.330 e. The lowest BCUT2D eigenvalue weighted by Gasteiger charge is -2.23. The molecule has 19 heavy (non-hydrogen) atoms. The van der Waals surface area contributed by atoms with E-state index in [1.165, 1.54) is 26.0 Å². The highest BCUT2D eigenvalue weighted by Gasteiger charge is 2.32. The zero-order valence-electron chi connectivity index (χ0n) is 11.8. The Bertz CT molecular complexity index is 454. The third-order valence-corrected chi connectivity index (χ3v) is 4.01. The van der Waals surface area contributed by atoms with Crippen LogP contribution < -0.4 is 5.73 Å². The normalized spacial score (nSPS) is 24.9. The van der Waals surface area contributed by atoms with Crippen LogP contribution in [-0.2, 0) is 5.67 Å². The summed E-state index contributed by atoms with van der Waals surface area (Å²) in [6.45, 7) is 4.46. The van der Waals surface area contributed by atoms with Gasteiger partial charge in [-0.3, -0.25) is 4.90 Å². The third kappa shape index (κ3) is 2.95. The van der Waals surface area contributed by atoms with E-state index in [4.69, 9.17) is 5.73 Å². The number of rotatable bonds is 3. The fourth-order valence-electron chi connectivity index (χ4n) is 2.81. The van der Waals surface area contributed by atoms with Gasteiger partial charge in [0.2, 0.25) is 0 Å². The molecule has 0 saturated carbocycles. The van der Waals surface area contributed by atoms with Gasteiger partial charge in [0.15, 0.2) is 0 Å². The number of nitrogens with two attached hydrogens (primary N) is 1. The van der Waals surface area contributed by atoms with Crippen molar-refractivity contribution in [1.82, 2.24) is 4.90 Å². The van der Waals surface area contributed by atoms with Crippen molar-refractivity contribution in [3.63, 3.8) is 0 Å². The lowest BCUT2D eigenvalue weighted by atomic mass is 9.93. The molecule has 0 bridgehead atoms. The van der Waals surface area contributed by atoms with Crippen LogP contribution in [0.2, 0.25) is 0 Å². The molecule has 2 rings (SSSR count). The van der Waals surface area contributed by atoms with Crippen LogP contribution >= 0.6 is 0 Å². The molecule has 1 aromatic rings. The van der Waals surface area contributed by atoms with Gasteiger partial charge in [-0.2, -0.15) is 0 Å². The summed E-state index contributed by atoms with van der Waals surface area (Å²) in [6, 6.07) is 4.55. The second-order valence-electron chi connectivity index (χ2n) is 6.00. The fourth-order valence-corrected chi connectivity index (χ4v) is 2.81. The summed E-state index contributed by atoms with van der Waals surface area (Å²) in [4.78, 5) is 2.10. The van der Waals surface area contributed by atoms with Gasteiger partial charge in [0, 0.05) is 18.2 Å². The molecule has 2 unspecified atom stereocenters. The quantitative estimate of drug-likeness (QED) is 0.913. The molecule has 0 aromatic heterocycles. The molecule has 1 fully saturated rings. The fraction of sp³-hybridized carbons (Fsp3) is 0.600. The molecule has 2 atom stereocenters. The molecule has 0 radical (unpaired) electrons. The second kappa shape index (κ2) is 5.17. The van der Waals surface area contributed by atoms with Crippen LogP contribution in [-0.4, -0.2) is 25.0 Å². The maximum Gasteiger partial charge on any atom is 0.130 e. The summed E-state index contributed by atoms with van der Waals surface area (Å²) in [7, 11) is 1.97. The van der Waals surface area contributed by atoms with Crippen LogP contribution in [0.4, 0.5) is 8.78 Å². The van der Waals surface area contributed by atoms with Crippen LogP contribution in [0, 0.1) is 11.7 Å². The van der Waals surface area contributed by atoms with Gasteiger partial charge in [-0.1, -0.05) is 6.07 Å². The maximum atomic E-state index is 14.0. The molecule has 1 aliphatic heterocycles. The Balaban J connectivity index is 2.34. The first-order chi connectivity index (χ1) is 8.82. The zero-order chi connectivity index (χ0) is 14.2. The lowest BCUT2D eigenvalue weighted by Crippen LogP contribution is -2.21. The molecule has 4 heteroatoms. The molecular formula is C15H22F2N2. The van der Waals surface area contributed by atoms with Crippen LogP contribution in [0.3, 0.4) is 0 Å². The second-order valence-corrected chi connectivity index (χ2v) is 6.00. The van der Waals surface area contributed by atoms with Crippen molar-refractivity contribution in [2.45, 2.75) is 32.0 Å². The first kappa shape index (κ1) is 14.4. The van der Waals surface area contributed by atoms with Gasteiger partial charge in [-0.15, -0.1) is 0 Å². The molecule has 0 amide bonds. The predicted octanol–water partition coefficient (Wildman–Crippen LogP) is 2.98. The standard InChI is InChI=1S/C15H22F2N2/c1-15(2,17)11-4-5-13(16)12(7-11)14-6-10(8-18)9-19(14)3/h4-5,7,10,14H,6,8-9,18H2,1-3H3. The van der Waals surface area contributed by atoms with Crippen LogP contribution in [0.5, 0.6) is 0 Å².